The maximum Gasteiger partial charge on any atom is 0.191 e. The van der Waals surface area contributed by atoms with Crippen LogP contribution in [0.2, 0.25) is 0 Å². The molecule has 0 amide bonds. The summed E-state index contributed by atoms with van der Waals surface area (Å²) >= 11 is 0. The highest BCUT2D eigenvalue weighted by molar-refractivity contribution is 5.79. The van der Waals surface area contributed by atoms with Crippen LogP contribution in [0.1, 0.15) is 11.1 Å². The predicted molar refractivity (Wildman–Crippen MR) is 78.9 cm³/mol. The first kappa shape index (κ1) is 14.1. The van der Waals surface area contributed by atoms with Crippen LogP contribution in [0.3, 0.4) is 0 Å². The molecular formula is C15H19FN4. The number of guanidine groups is 1. The van der Waals surface area contributed by atoms with Crippen LogP contribution in [-0.2, 0) is 20.1 Å². The molecule has 2 aromatic rings. The van der Waals surface area contributed by atoms with Gasteiger partial charge in [-0.3, -0.25) is 4.99 Å². The van der Waals surface area contributed by atoms with Gasteiger partial charge in [-0.05, 0) is 29.3 Å². The molecule has 0 saturated carbocycles. The third kappa shape index (κ3) is 4.12. The Hall–Kier alpha value is -2.30. The second-order valence-electron chi connectivity index (χ2n) is 4.59. The van der Waals surface area contributed by atoms with Crippen LogP contribution in [0.15, 0.2) is 47.7 Å². The van der Waals surface area contributed by atoms with Gasteiger partial charge in [0.2, 0.25) is 0 Å². The predicted octanol–water partition coefficient (Wildman–Crippen LogP) is 2.03. The van der Waals surface area contributed by atoms with Gasteiger partial charge in [0.15, 0.2) is 5.96 Å². The van der Waals surface area contributed by atoms with E-state index in [1.807, 2.05) is 17.8 Å². The Kier molecular flexibility index (Phi) is 4.76. The van der Waals surface area contributed by atoms with Crippen molar-refractivity contribution in [2.45, 2.75) is 13.1 Å². The normalized spacial score (nSPS) is 11.4. The first-order valence-corrected chi connectivity index (χ1v) is 6.47. The summed E-state index contributed by atoms with van der Waals surface area (Å²) < 4.78 is 14.8. The van der Waals surface area contributed by atoms with Gasteiger partial charge >= 0.3 is 0 Å². The van der Waals surface area contributed by atoms with Gasteiger partial charge in [-0.15, -0.1) is 0 Å². The van der Waals surface area contributed by atoms with E-state index in [4.69, 9.17) is 0 Å². The summed E-state index contributed by atoms with van der Waals surface area (Å²) in [4.78, 5) is 4.16. The topological polar surface area (TPSA) is 41.4 Å². The Morgan fingerprint density at radius 1 is 1.10 bits per heavy atom. The summed E-state index contributed by atoms with van der Waals surface area (Å²) in [5.41, 5.74) is 2.20. The van der Waals surface area contributed by atoms with Crippen LogP contribution in [0.5, 0.6) is 0 Å². The molecule has 20 heavy (non-hydrogen) atoms. The number of aliphatic imine (C=N–C) groups is 1. The maximum atomic E-state index is 12.8. The van der Waals surface area contributed by atoms with Crippen molar-refractivity contribution < 1.29 is 4.39 Å². The van der Waals surface area contributed by atoms with Gasteiger partial charge in [0, 0.05) is 39.6 Å². The minimum atomic E-state index is -0.222. The molecule has 1 heterocycles. The van der Waals surface area contributed by atoms with Crippen molar-refractivity contribution in [3.8, 4) is 0 Å². The Morgan fingerprint density at radius 2 is 1.75 bits per heavy atom. The molecule has 5 heteroatoms. The first-order valence-electron chi connectivity index (χ1n) is 6.47. The summed E-state index contributed by atoms with van der Waals surface area (Å²) in [6.07, 6.45) is 4.06. The van der Waals surface area contributed by atoms with Gasteiger partial charge < -0.3 is 15.2 Å². The molecule has 0 saturated heterocycles. The Labute approximate surface area is 118 Å². The zero-order valence-electron chi connectivity index (χ0n) is 11.7. The van der Waals surface area contributed by atoms with Crippen molar-refractivity contribution >= 4 is 5.96 Å². The number of halogens is 1. The summed E-state index contributed by atoms with van der Waals surface area (Å²) in [6, 6.07) is 8.48. The number of rotatable bonds is 4. The molecule has 0 aliphatic heterocycles. The Bertz CT molecular complexity index is 572. The molecule has 0 atom stereocenters. The second-order valence-corrected chi connectivity index (χ2v) is 4.59. The van der Waals surface area contributed by atoms with Crippen LogP contribution in [0, 0.1) is 5.82 Å². The SMILES string of the molecule is CN=C(NCc1ccc(F)cc1)NCc1ccn(C)c1. The van der Waals surface area contributed by atoms with Crippen LogP contribution in [0.25, 0.3) is 0 Å². The maximum absolute atomic E-state index is 12.8. The molecule has 0 aliphatic rings. The van der Waals surface area contributed by atoms with Crippen molar-refractivity contribution in [1.29, 1.82) is 0 Å². The highest BCUT2D eigenvalue weighted by Gasteiger charge is 2.00. The summed E-state index contributed by atoms with van der Waals surface area (Å²) in [6.45, 7) is 1.32. The number of hydrogen-bond donors (Lipinski definition) is 2. The van der Waals surface area contributed by atoms with E-state index < -0.39 is 0 Å². The molecule has 4 nitrogen and oxygen atoms in total. The fraction of sp³-hybridized carbons (Fsp3) is 0.267. The lowest BCUT2D eigenvalue weighted by atomic mass is 10.2. The van der Waals surface area contributed by atoms with E-state index in [0.717, 1.165) is 11.5 Å². The number of nitrogens with one attached hydrogen (secondary N) is 2. The summed E-state index contributed by atoms with van der Waals surface area (Å²) in [7, 11) is 3.72. The minimum absolute atomic E-state index is 0.222. The molecule has 0 spiro atoms. The average molecular weight is 274 g/mol. The van der Waals surface area contributed by atoms with Crippen molar-refractivity contribution in [3.63, 3.8) is 0 Å². The van der Waals surface area contributed by atoms with Gasteiger partial charge in [-0.2, -0.15) is 0 Å². The summed E-state index contributed by atoms with van der Waals surface area (Å²) in [5, 5.41) is 6.42. The number of nitrogens with zero attached hydrogens (tertiary/aromatic N) is 2. The molecule has 0 fully saturated rings. The molecule has 0 bridgehead atoms. The van der Waals surface area contributed by atoms with E-state index in [1.165, 1.54) is 17.7 Å². The van der Waals surface area contributed by atoms with Crippen molar-refractivity contribution in [2.75, 3.05) is 7.05 Å². The fourth-order valence-corrected chi connectivity index (χ4v) is 1.86. The zero-order chi connectivity index (χ0) is 14.4. The van der Waals surface area contributed by atoms with Crippen LogP contribution in [0.4, 0.5) is 4.39 Å². The number of benzene rings is 1. The monoisotopic (exact) mass is 274 g/mol. The van der Waals surface area contributed by atoms with Crippen LogP contribution in [-0.4, -0.2) is 17.6 Å². The molecule has 0 unspecified atom stereocenters. The molecule has 106 valence electrons. The molecular weight excluding hydrogens is 255 g/mol. The van der Waals surface area contributed by atoms with Crippen LogP contribution >= 0.6 is 0 Å². The summed E-state index contributed by atoms with van der Waals surface area (Å²) in [5.74, 6) is 0.499. The Balaban J connectivity index is 1.82. The number of aromatic nitrogens is 1. The van der Waals surface area contributed by atoms with Gasteiger partial charge in [0.1, 0.15) is 5.82 Å². The van der Waals surface area contributed by atoms with Crippen LogP contribution < -0.4 is 10.6 Å². The fourth-order valence-electron chi connectivity index (χ4n) is 1.86. The van der Waals surface area contributed by atoms with Gasteiger partial charge in [-0.25, -0.2) is 4.39 Å². The van der Waals surface area contributed by atoms with Gasteiger partial charge in [0.05, 0.1) is 0 Å². The third-order valence-corrected chi connectivity index (χ3v) is 2.95. The average Bonchev–Trinajstić information content (AvgIpc) is 2.87. The van der Waals surface area contributed by atoms with E-state index in [9.17, 15) is 4.39 Å². The van der Waals surface area contributed by atoms with E-state index in [2.05, 4.69) is 27.9 Å². The molecule has 1 aromatic heterocycles. The smallest absolute Gasteiger partial charge is 0.191 e. The largest absolute Gasteiger partial charge is 0.357 e. The quantitative estimate of drug-likeness (QED) is 0.661. The second kappa shape index (κ2) is 6.75. The van der Waals surface area contributed by atoms with E-state index >= 15 is 0 Å². The molecule has 2 N–H and O–H groups in total. The zero-order valence-corrected chi connectivity index (χ0v) is 11.7. The lowest BCUT2D eigenvalue weighted by Crippen LogP contribution is -2.36. The Morgan fingerprint density at radius 3 is 2.30 bits per heavy atom. The standard InChI is InChI=1S/C15H19FN4/c1-17-15(19-10-13-7-8-20(2)11-13)18-9-12-3-5-14(16)6-4-12/h3-8,11H,9-10H2,1-2H3,(H2,17,18,19). The van der Waals surface area contributed by atoms with E-state index in [-0.39, 0.29) is 5.82 Å². The number of aryl methyl sites for hydroxylation is 1. The van der Waals surface area contributed by atoms with Gasteiger partial charge in [-0.1, -0.05) is 12.1 Å². The third-order valence-electron chi connectivity index (χ3n) is 2.95. The first-order chi connectivity index (χ1) is 9.67. The van der Waals surface area contributed by atoms with Crippen molar-refractivity contribution in [1.82, 2.24) is 15.2 Å². The molecule has 0 radical (unpaired) electrons. The van der Waals surface area contributed by atoms with E-state index in [1.54, 1.807) is 19.2 Å². The minimum Gasteiger partial charge on any atom is -0.357 e. The lowest BCUT2D eigenvalue weighted by Gasteiger charge is -2.11. The van der Waals surface area contributed by atoms with E-state index in [0.29, 0.717) is 13.1 Å². The molecule has 1 aromatic carbocycles. The van der Waals surface area contributed by atoms with Crippen molar-refractivity contribution in [2.24, 2.45) is 12.0 Å². The van der Waals surface area contributed by atoms with Crippen molar-refractivity contribution in [3.05, 3.63) is 59.7 Å². The van der Waals surface area contributed by atoms with Gasteiger partial charge in [0.25, 0.3) is 0 Å². The highest BCUT2D eigenvalue weighted by Crippen LogP contribution is 2.02. The lowest BCUT2D eigenvalue weighted by molar-refractivity contribution is 0.626. The highest BCUT2D eigenvalue weighted by atomic mass is 19.1. The number of hydrogen-bond acceptors (Lipinski definition) is 1. The molecule has 2 rings (SSSR count). The molecule has 0 aliphatic carbocycles.